The normalized spacial score (nSPS) is 19.4. The number of anilines is 1. The molecule has 8 heteroatoms. The number of carbonyl (C=O) groups excluding carboxylic acids is 1. The molecule has 3 rings (SSSR count). The summed E-state index contributed by atoms with van der Waals surface area (Å²) >= 11 is 0. The van der Waals surface area contributed by atoms with Crippen LogP contribution in [0.5, 0.6) is 0 Å². The first-order valence-corrected chi connectivity index (χ1v) is 8.85. The summed E-state index contributed by atoms with van der Waals surface area (Å²) in [5, 5.41) is 0.882. The minimum atomic E-state index is -3.62. The summed E-state index contributed by atoms with van der Waals surface area (Å²) in [6.45, 7) is 0.267. The summed E-state index contributed by atoms with van der Waals surface area (Å²) < 4.78 is 22.2. The van der Waals surface area contributed by atoms with Crippen molar-refractivity contribution >= 4 is 42.5 Å². The van der Waals surface area contributed by atoms with E-state index in [1.807, 2.05) is 24.3 Å². The molecule has 1 aromatic carbocycles. The Labute approximate surface area is 126 Å². The zero-order chi connectivity index (χ0) is 15.0. The zero-order valence-electron chi connectivity index (χ0n) is 10.9. The molecule has 0 aliphatic carbocycles. The molecule has 0 radical (unpaired) electrons. The third-order valence-corrected chi connectivity index (χ3v) is 4.61. The topological polar surface area (TPSA) is 80.2 Å². The first-order chi connectivity index (χ1) is 9.92. The summed E-state index contributed by atoms with van der Waals surface area (Å²) in [5.41, 5.74) is 0.740. The summed E-state index contributed by atoms with van der Waals surface area (Å²) in [6, 6.07) is 7.46. The number of halogens is 1. The van der Waals surface area contributed by atoms with Gasteiger partial charge in [-0.25, -0.2) is 18.4 Å². The molecule has 1 atom stereocenters. The lowest BCUT2D eigenvalue weighted by Gasteiger charge is -2.14. The van der Waals surface area contributed by atoms with E-state index in [4.69, 9.17) is 10.7 Å². The van der Waals surface area contributed by atoms with Gasteiger partial charge in [0.05, 0.1) is 11.3 Å². The average Bonchev–Trinajstić information content (AvgIpc) is 2.76. The Hall–Kier alpha value is -1.73. The number of amides is 1. The van der Waals surface area contributed by atoms with Gasteiger partial charge in [-0.3, -0.25) is 9.69 Å². The first-order valence-electron chi connectivity index (χ1n) is 6.37. The molecule has 0 bridgehead atoms. The fourth-order valence-electron chi connectivity index (χ4n) is 2.46. The maximum Gasteiger partial charge on any atom is 0.232 e. The number of hydrogen-bond donors (Lipinski definition) is 0. The van der Waals surface area contributed by atoms with Crippen molar-refractivity contribution in [1.82, 2.24) is 9.97 Å². The summed E-state index contributed by atoms with van der Waals surface area (Å²) in [5.74, 6) is -0.427. The largest absolute Gasteiger partial charge is 0.280 e. The summed E-state index contributed by atoms with van der Waals surface area (Å²) in [4.78, 5) is 22.0. The van der Waals surface area contributed by atoms with E-state index in [-0.39, 0.29) is 30.5 Å². The number of para-hydroxylation sites is 1. The van der Waals surface area contributed by atoms with Crippen LogP contribution in [0, 0.1) is 5.92 Å². The molecule has 0 N–H and O–H groups in total. The Morgan fingerprint density at radius 2 is 2.10 bits per heavy atom. The van der Waals surface area contributed by atoms with E-state index in [0.29, 0.717) is 5.95 Å². The molecule has 110 valence electrons. The van der Waals surface area contributed by atoms with Crippen LogP contribution in [0.4, 0.5) is 5.95 Å². The second kappa shape index (κ2) is 5.23. The number of rotatable bonds is 3. The molecule has 1 fully saturated rings. The average molecular weight is 326 g/mol. The Bertz CT molecular complexity index is 809. The predicted octanol–water partition coefficient (Wildman–Crippen LogP) is 1.55. The summed E-state index contributed by atoms with van der Waals surface area (Å²) in [6.07, 6.45) is 1.79. The van der Waals surface area contributed by atoms with E-state index in [2.05, 4.69) is 9.97 Å². The van der Waals surface area contributed by atoms with Crippen LogP contribution in [0.15, 0.2) is 30.5 Å². The Morgan fingerprint density at radius 1 is 1.33 bits per heavy atom. The maximum atomic E-state index is 12.0. The molecule has 2 aromatic rings. The molecule has 6 nitrogen and oxygen atoms in total. The van der Waals surface area contributed by atoms with Crippen LogP contribution >= 0.6 is 10.7 Å². The van der Waals surface area contributed by atoms with Crippen LogP contribution < -0.4 is 4.90 Å². The van der Waals surface area contributed by atoms with Gasteiger partial charge in [0.15, 0.2) is 0 Å². The molecular formula is C13H12ClN3O3S. The third kappa shape index (κ3) is 3.14. The van der Waals surface area contributed by atoms with E-state index in [1.165, 1.54) is 4.90 Å². The highest BCUT2D eigenvalue weighted by Crippen LogP contribution is 2.25. The van der Waals surface area contributed by atoms with Crippen LogP contribution in [0.2, 0.25) is 0 Å². The van der Waals surface area contributed by atoms with Crippen molar-refractivity contribution in [2.75, 3.05) is 17.2 Å². The van der Waals surface area contributed by atoms with Crippen molar-refractivity contribution in [2.45, 2.75) is 6.42 Å². The molecule has 1 amide bonds. The second-order valence-electron chi connectivity index (χ2n) is 5.01. The SMILES string of the molecule is O=C1CC(CS(=O)(=O)Cl)CN1c1ncc2ccccc2n1. The van der Waals surface area contributed by atoms with Crippen molar-refractivity contribution in [3.8, 4) is 0 Å². The Balaban J connectivity index is 1.87. The highest BCUT2D eigenvalue weighted by atomic mass is 35.7. The van der Waals surface area contributed by atoms with E-state index >= 15 is 0 Å². The van der Waals surface area contributed by atoms with E-state index in [0.717, 1.165) is 10.9 Å². The van der Waals surface area contributed by atoms with E-state index < -0.39 is 9.05 Å². The van der Waals surface area contributed by atoms with Gasteiger partial charge in [0.2, 0.25) is 20.9 Å². The van der Waals surface area contributed by atoms with Gasteiger partial charge in [0.25, 0.3) is 0 Å². The third-order valence-electron chi connectivity index (χ3n) is 3.36. The summed E-state index contributed by atoms with van der Waals surface area (Å²) in [7, 11) is 1.63. The van der Waals surface area contributed by atoms with E-state index in [1.54, 1.807) is 6.20 Å². The number of nitrogens with zero attached hydrogens (tertiary/aromatic N) is 3. The molecule has 2 heterocycles. The lowest BCUT2D eigenvalue weighted by Crippen LogP contribution is -2.27. The molecule has 21 heavy (non-hydrogen) atoms. The van der Waals surface area contributed by atoms with Crippen LogP contribution in [0.1, 0.15) is 6.42 Å². The van der Waals surface area contributed by atoms with Crippen molar-refractivity contribution in [3.63, 3.8) is 0 Å². The standard InChI is InChI=1S/C13H12ClN3O3S/c14-21(19,20)8-9-5-12(18)17(7-9)13-15-6-10-3-1-2-4-11(10)16-13/h1-4,6,9H,5,7-8H2. The molecule has 1 aromatic heterocycles. The Morgan fingerprint density at radius 3 is 2.86 bits per heavy atom. The van der Waals surface area contributed by atoms with Gasteiger partial charge in [0, 0.05) is 41.1 Å². The monoisotopic (exact) mass is 325 g/mol. The zero-order valence-corrected chi connectivity index (χ0v) is 12.5. The van der Waals surface area contributed by atoms with Gasteiger partial charge in [-0.15, -0.1) is 0 Å². The number of fused-ring (bicyclic) bond motifs is 1. The number of benzene rings is 1. The van der Waals surface area contributed by atoms with Gasteiger partial charge < -0.3 is 0 Å². The van der Waals surface area contributed by atoms with Crippen molar-refractivity contribution in [2.24, 2.45) is 5.92 Å². The van der Waals surface area contributed by atoms with Crippen LogP contribution in [0.3, 0.4) is 0 Å². The minimum absolute atomic E-state index is 0.141. The number of aromatic nitrogens is 2. The molecular weight excluding hydrogens is 314 g/mol. The number of carbonyl (C=O) groups is 1. The molecule has 0 spiro atoms. The van der Waals surface area contributed by atoms with Crippen molar-refractivity contribution in [1.29, 1.82) is 0 Å². The van der Waals surface area contributed by atoms with Gasteiger partial charge in [0.1, 0.15) is 0 Å². The highest BCUT2D eigenvalue weighted by molar-refractivity contribution is 8.13. The Kier molecular flexibility index (Phi) is 3.54. The minimum Gasteiger partial charge on any atom is -0.280 e. The van der Waals surface area contributed by atoms with E-state index in [9.17, 15) is 13.2 Å². The highest BCUT2D eigenvalue weighted by Gasteiger charge is 2.34. The second-order valence-corrected chi connectivity index (χ2v) is 7.83. The fourth-order valence-corrected chi connectivity index (χ4v) is 3.78. The molecule has 1 aliphatic heterocycles. The quantitative estimate of drug-likeness (QED) is 0.800. The molecule has 0 saturated carbocycles. The lowest BCUT2D eigenvalue weighted by molar-refractivity contribution is -0.117. The van der Waals surface area contributed by atoms with Gasteiger partial charge >= 0.3 is 0 Å². The molecule has 1 saturated heterocycles. The van der Waals surface area contributed by atoms with Crippen LogP contribution in [0.25, 0.3) is 10.9 Å². The molecule has 1 unspecified atom stereocenters. The lowest BCUT2D eigenvalue weighted by atomic mass is 10.1. The predicted molar refractivity (Wildman–Crippen MR) is 79.6 cm³/mol. The number of hydrogen-bond acceptors (Lipinski definition) is 5. The van der Waals surface area contributed by atoms with Crippen molar-refractivity contribution in [3.05, 3.63) is 30.5 Å². The maximum absolute atomic E-state index is 12.0. The van der Waals surface area contributed by atoms with Crippen LogP contribution in [-0.4, -0.2) is 36.6 Å². The fraction of sp³-hybridized carbons (Fsp3) is 0.308. The smallest absolute Gasteiger partial charge is 0.232 e. The van der Waals surface area contributed by atoms with Gasteiger partial charge in [-0.05, 0) is 6.07 Å². The van der Waals surface area contributed by atoms with Crippen LogP contribution in [-0.2, 0) is 13.8 Å². The first kappa shape index (κ1) is 14.2. The van der Waals surface area contributed by atoms with Crippen molar-refractivity contribution < 1.29 is 13.2 Å². The van der Waals surface area contributed by atoms with Gasteiger partial charge in [-0.2, -0.15) is 0 Å². The van der Waals surface area contributed by atoms with Gasteiger partial charge in [-0.1, -0.05) is 18.2 Å². The molecule has 1 aliphatic rings.